The number of nitrogen functional groups attached to an aromatic ring is 1. The van der Waals surface area contributed by atoms with Gasteiger partial charge in [0.2, 0.25) is 0 Å². The lowest BCUT2D eigenvalue weighted by Gasteiger charge is -2.08. The molecule has 3 aromatic rings. The molecule has 0 unspecified atom stereocenters. The number of amides is 1. The van der Waals surface area contributed by atoms with E-state index in [1.807, 2.05) is 36.4 Å². The largest absolute Gasteiger partial charge is 0.495 e. The Labute approximate surface area is 132 Å². The van der Waals surface area contributed by atoms with Crippen LogP contribution in [0.25, 0.3) is 5.69 Å². The van der Waals surface area contributed by atoms with Crippen molar-refractivity contribution < 1.29 is 9.53 Å². The lowest BCUT2D eigenvalue weighted by atomic mass is 10.2. The summed E-state index contributed by atoms with van der Waals surface area (Å²) in [5.41, 5.74) is 7.33. The molecule has 0 aliphatic rings. The molecule has 0 aliphatic heterocycles. The van der Waals surface area contributed by atoms with Crippen LogP contribution in [0.1, 0.15) is 10.5 Å². The second kappa shape index (κ2) is 6.18. The molecule has 0 saturated heterocycles. The van der Waals surface area contributed by atoms with Crippen molar-refractivity contribution in [3.63, 3.8) is 0 Å². The molecule has 0 bridgehead atoms. The smallest absolute Gasteiger partial charge is 0.280 e. The van der Waals surface area contributed by atoms with Crippen molar-refractivity contribution in [3.8, 4) is 11.4 Å². The summed E-state index contributed by atoms with van der Waals surface area (Å²) in [6, 6.07) is 16.3. The maximum absolute atomic E-state index is 12.4. The number of nitrogens with one attached hydrogen (secondary N) is 1. The number of nitrogens with two attached hydrogens (primary N) is 1. The SMILES string of the molecule is COc1ccccc1NC(=O)c1nnn(-c2ccccc2)c1N. The van der Waals surface area contributed by atoms with E-state index < -0.39 is 5.91 Å². The van der Waals surface area contributed by atoms with Crippen molar-refractivity contribution in [1.29, 1.82) is 0 Å². The number of aromatic nitrogens is 3. The zero-order chi connectivity index (χ0) is 16.2. The first kappa shape index (κ1) is 14.6. The van der Waals surface area contributed by atoms with E-state index in [9.17, 15) is 4.79 Å². The predicted molar refractivity (Wildman–Crippen MR) is 86.7 cm³/mol. The average molecular weight is 309 g/mol. The van der Waals surface area contributed by atoms with Crippen LogP contribution in [0.3, 0.4) is 0 Å². The van der Waals surface area contributed by atoms with Gasteiger partial charge in [-0.3, -0.25) is 4.79 Å². The van der Waals surface area contributed by atoms with Crippen LogP contribution in [0.2, 0.25) is 0 Å². The average Bonchev–Trinajstić information content (AvgIpc) is 2.98. The van der Waals surface area contributed by atoms with Crippen LogP contribution in [0.4, 0.5) is 11.5 Å². The minimum Gasteiger partial charge on any atom is -0.495 e. The fourth-order valence-corrected chi connectivity index (χ4v) is 2.14. The standard InChI is InChI=1S/C16H15N5O2/c1-23-13-10-6-5-9-12(13)18-16(22)14-15(17)21(20-19-14)11-7-3-2-4-8-11/h2-10H,17H2,1H3,(H,18,22). The van der Waals surface area contributed by atoms with Crippen LogP contribution >= 0.6 is 0 Å². The number of nitrogens with zero attached hydrogens (tertiary/aromatic N) is 3. The fourth-order valence-electron chi connectivity index (χ4n) is 2.14. The van der Waals surface area contributed by atoms with Crippen molar-refractivity contribution in [3.05, 3.63) is 60.3 Å². The van der Waals surface area contributed by atoms with Gasteiger partial charge in [0.1, 0.15) is 5.75 Å². The van der Waals surface area contributed by atoms with Crippen LogP contribution in [0.15, 0.2) is 54.6 Å². The molecule has 0 aliphatic carbocycles. The highest BCUT2D eigenvalue weighted by molar-refractivity contribution is 6.06. The van der Waals surface area contributed by atoms with Gasteiger partial charge in [0.05, 0.1) is 18.5 Å². The Kier molecular flexibility index (Phi) is 3.92. The molecule has 0 spiro atoms. The summed E-state index contributed by atoms with van der Waals surface area (Å²) in [4.78, 5) is 12.4. The number of benzene rings is 2. The molecular formula is C16H15N5O2. The molecule has 3 N–H and O–H groups in total. The maximum Gasteiger partial charge on any atom is 0.280 e. The Bertz CT molecular complexity index is 829. The van der Waals surface area contributed by atoms with E-state index in [2.05, 4.69) is 15.6 Å². The number of methoxy groups -OCH3 is 1. The van der Waals surface area contributed by atoms with Gasteiger partial charge in [-0.1, -0.05) is 35.5 Å². The molecule has 7 heteroatoms. The van der Waals surface area contributed by atoms with Crippen molar-refractivity contribution in [2.75, 3.05) is 18.2 Å². The van der Waals surface area contributed by atoms with E-state index in [1.54, 1.807) is 18.2 Å². The first-order chi connectivity index (χ1) is 11.2. The van der Waals surface area contributed by atoms with Gasteiger partial charge in [-0.25, -0.2) is 0 Å². The molecule has 7 nitrogen and oxygen atoms in total. The van der Waals surface area contributed by atoms with E-state index >= 15 is 0 Å². The van der Waals surface area contributed by atoms with Crippen molar-refractivity contribution in [1.82, 2.24) is 15.0 Å². The second-order valence-electron chi connectivity index (χ2n) is 4.73. The molecule has 0 radical (unpaired) electrons. The highest BCUT2D eigenvalue weighted by Gasteiger charge is 2.19. The first-order valence-corrected chi connectivity index (χ1v) is 6.91. The molecule has 2 aromatic carbocycles. The van der Waals surface area contributed by atoms with E-state index in [0.29, 0.717) is 11.4 Å². The minimum atomic E-state index is -0.450. The lowest BCUT2D eigenvalue weighted by molar-refractivity contribution is 0.102. The Morgan fingerprint density at radius 3 is 2.57 bits per heavy atom. The van der Waals surface area contributed by atoms with Gasteiger partial charge in [-0.15, -0.1) is 5.10 Å². The minimum absolute atomic E-state index is 0.0553. The quantitative estimate of drug-likeness (QED) is 0.769. The van der Waals surface area contributed by atoms with Gasteiger partial charge < -0.3 is 15.8 Å². The van der Waals surface area contributed by atoms with Gasteiger partial charge in [0, 0.05) is 0 Å². The summed E-state index contributed by atoms with van der Waals surface area (Å²) in [5.74, 6) is 0.271. The molecule has 116 valence electrons. The number of hydrogen-bond acceptors (Lipinski definition) is 5. The molecule has 0 atom stereocenters. The van der Waals surface area contributed by atoms with Crippen molar-refractivity contribution >= 4 is 17.4 Å². The molecule has 1 amide bonds. The summed E-state index contributed by atoms with van der Waals surface area (Å²) >= 11 is 0. The Balaban J connectivity index is 1.88. The molecule has 3 rings (SSSR count). The third-order valence-electron chi connectivity index (χ3n) is 3.28. The number of carbonyl (C=O) groups excluding carboxylic acids is 1. The topological polar surface area (TPSA) is 95.1 Å². The number of hydrogen-bond donors (Lipinski definition) is 2. The summed E-state index contributed by atoms with van der Waals surface area (Å²) in [6.07, 6.45) is 0. The Morgan fingerprint density at radius 1 is 1.13 bits per heavy atom. The lowest BCUT2D eigenvalue weighted by Crippen LogP contribution is -2.15. The van der Waals surface area contributed by atoms with Crippen molar-refractivity contribution in [2.24, 2.45) is 0 Å². The third kappa shape index (κ3) is 2.84. The number of carbonyl (C=O) groups is 1. The number of para-hydroxylation sites is 3. The van der Waals surface area contributed by atoms with E-state index in [4.69, 9.17) is 10.5 Å². The first-order valence-electron chi connectivity index (χ1n) is 6.91. The van der Waals surface area contributed by atoms with Crippen LogP contribution in [-0.4, -0.2) is 28.0 Å². The molecule has 1 aromatic heterocycles. The molecule has 23 heavy (non-hydrogen) atoms. The van der Waals surface area contributed by atoms with Crippen LogP contribution in [0, 0.1) is 0 Å². The number of rotatable bonds is 4. The summed E-state index contributed by atoms with van der Waals surface area (Å²) in [5, 5.41) is 10.5. The zero-order valence-corrected chi connectivity index (χ0v) is 12.4. The second-order valence-corrected chi connectivity index (χ2v) is 4.73. The van der Waals surface area contributed by atoms with E-state index in [1.165, 1.54) is 11.8 Å². The zero-order valence-electron chi connectivity index (χ0n) is 12.4. The third-order valence-corrected chi connectivity index (χ3v) is 3.28. The molecular weight excluding hydrogens is 294 g/mol. The Morgan fingerprint density at radius 2 is 1.83 bits per heavy atom. The van der Waals surface area contributed by atoms with Crippen LogP contribution in [-0.2, 0) is 0 Å². The van der Waals surface area contributed by atoms with Gasteiger partial charge in [-0.2, -0.15) is 4.68 Å². The number of anilines is 2. The molecule has 1 heterocycles. The maximum atomic E-state index is 12.4. The fraction of sp³-hybridized carbons (Fsp3) is 0.0625. The van der Waals surface area contributed by atoms with Gasteiger partial charge >= 0.3 is 0 Å². The van der Waals surface area contributed by atoms with Crippen molar-refractivity contribution in [2.45, 2.75) is 0 Å². The Hall–Kier alpha value is -3.35. The summed E-state index contributed by atoms with van der Waals surface area (Å²) in [6.45, 7) is 0. The van der Waals surface area contributed by atoms with Gasteiger partial charge in [0.15, 0.2) is 11.5 Å². The van der Waals surface area contributed by atoms with Gasteiger partial charge in [-0.05, 0) is 24.3 Å². The van der Waals surface area contributed by atoms with Gasteiger partial charge in [0.25, 0.3) is 5.91 Å². The highest BCUT2D eigenvalue weighted by atomic mass is 16.5. The normalized spacial score (nSPS) is 10.3. The van der Waals surface area contributed by atoms with E-state index in [-0.39, 0.29) is 11.5 Å². The molecule has 0 fully saturated rings. The summed E-state index contributed by atoms with van der Waals surface area (Å²) in [7, 11) is 1.53. The summed E-state index contributed by atoms with van der Waals surface area (Å²) < 4.78 is 6.61. The van der Waals surface area contributed by atoms with Crippen LogP contribution < -0.4 is 15.8 Å². The van der Waals surface area contributed by atoms with Crippen LogP contribution in [0.5, 0.6) is 5.75 Å². The van der Waals surface area contributed by atoms with E-state index in [0.717, 1.165) is 5.69 Å². The predicted octanol–water partition coefficient (Wildman–Crippen LogP) is 2.11. The monoisotopic (exact) mass is 309 g/mol. The highest BCUT2D eigenvalue weighted by Crippen LogP contribution is 2.24. The molecule has 0 saturated carbocycles. The number of ether oxygens (including phenoxy) is 1.